The monoisotopic (exact) mass is 497 g/mol. The molecule has 166 valence electrons. The second kappa shape index (κ2) is 9.40. The van der Waals surface area contributed by atoms with Crippen LogP contribution in [0.3, 0.4) is 0 Å². The Labute approximate surface area is 187 Å². The van der Waals surface area contributed by atoms with Gasteiger partial charge in [0.05, 0.1) is 22.9 Å². The van der Waals surface area contributed by atoms with E-state index in [0.29, 0.717) is 18.8 Å². The van der Waals surface area contributed by atoms with Crippen LogP contribution < -0.4 is 5.32 Å². The van der Waals surface area contributed by atoms with E-state index in [4.69, 9.17) is 0 Å². The molecular formula is C22H23BrF3N3O2. The van der Waals surface area contributed by atoms with Gasteiger partial charge in [-0.1, -0.05) is 18.2 Å². The fraction of sp³-hybridized carbons (Fsp3) is 0.364. The molecule has 0 aliphatic carbocycles. The summed E-state index contributed by atoms with van der Waals surface area (Å²) < 4.78 is 40.5. The first-order valence-electron chi connectivity index (χ1n) is 9.84. The summed E-state index contributed by atoms with van der Waals surface area (Å²) in [4.78, 5) is 28.7. The minimum atomic E-state index is -4.59. The lowest BCUT2D eigenvalue weighted by atomic mass is 10.1. The van der Waals surface area contributed by atoms with E-state index in [0.717, 1.165) is 16.1 Å². The first-order valence-corrected chi connectivity index (χ1v) is 10.6. The molecule has 5 nitrogen and oxygen atoms in total. The number of carbonyl (C=O) groups excluding carboxylic acids is 2. The van der Waals surface area contributed by atoms with Crippen molar-refractivity contribution in [3.05, 3.63) is 63.6 Å². The largest absolute Gasteiger partial charge is 0.417 e. The molecule has 1 fully saturated rings. The minimum Gasteiger partial charge on any atom is -0.336 e. The van der Waals surface area contributed by atoms with Gasteiger partial charge in [0.15, 0.2) is 0 Å². The Balaban J connectivity index is 1.61. The van der Waals surface area contributed by atoms with Crippen molar-refractivity contribution in [2.24, 2.45) is 0 Å². The van der Waals surface area contributed by atoms with Gasteiger partial charge in [0.1, 0.15) is 0 Å². The zero-order valence-corrected chi connectivity index (χ0v) is 18.8. The van der Waals surface area contributed by atoms with Gasteiger partial charge in [0.2, 0.25) is 5.91 Å². The molecule has 0 bridgehead atoms. The van der Waals surface area contributed by atoms with Crippen molar-refractivity contribution < 1.29 is 22.8 Å². The van der Waals surface area contributed by atoms with Gasteiger partial charge in [-0.3, -0.25) is 14.5 Å². The third-order valence-corrected chi connectivity index (χ3v) is 6.03. The summed E-state index contributed by atoms with van der Waals surface area (Å²) in [5, 5.41) is 2.89. The third kappa shape index (κ3) is 5.46. The molecule has 1 aliphatic heterocycles. The predicted molar refractivity (Wildman–Crippen MR) is 116 cm³/mol. The lowest BCUT2D eigenvalue weighted by Gasteiger charge is -2.37. The summed E-state index contributed by atoms with van der Waals surface area (Å²) >= 11 is 3.43. The van der Waals surface area contributed by atoms with Crippen LogP contribution in [0, 0.1) is 6.92 Å². The molecule has 2 amide bonds. The molecule has 3 rings (SSSR count). The zero-order valence-electron chi connectivity index (χ0n) is 17.2. The highest BCUT2D eigenvalue weighted by atomic mass is 79.9. The van der Waals surface area contributed by atoms with Crippen molar-refractivity contribution in [1.82, 2.24) is 9.80 Å². The maximum Gasteiger partial charge on any atom is 0.417 e. The fourth-order valence-corrected chi connectivity index (χ4v) is 4.12. The SMILES string of the molecule is Cc1ccc(NC(=O)C(C)N2CCN(C(=O)c3ccccc3C(F)(F)F)CC2)c(Br)c1. The Kier molecular flexibility index (Phi) is 7.06. The number of carbonyl (C=O) groups is 2. The van der Waals surface area contributed by atoms with Gasteiger partial charge >= 0.3 is 6.18 Å². The smallest absolute Gasteiger partial charge is 0.336 e. The Morgan fingerprint density at radius 2 is 1.71 bits per heavy atom. The molecule has 0 aromatic heterocycles. The maximum absolute atomic E-state index is 13.2. The summed E-state index contributed by atoms with van der Waals surface area (Å²) in [5.74, 6) is -0.833. The molecular weight excluding hydrogens is 475 g/mol. The second-order valence-electron chi connectivity index (χ2n) is 7.52. The highest BCUT2D eigenvalue weighted by Crippen LogP contribution is 2.32. The molecule has 1 N–H and O–H groups in total. The van der Waals surface area contributed by atoms with Crippen molar-refractivity contribution in [2.75, 3.05) is 31.5 Å². The molecule has 2 aromatic rings. The van der Waals surface area contributed by atoms with Crippen LogP contribution in [-0.2, 0) is 11.0 Å². The van der Waals surface area contributed by atoms with Gasteiger partial charge in [-0.05, 0) is 59.6 Å². The maximum atomic E-state index is 13.2. The van der Waals surface area contributed by atoms with Crippen LogP contribution >= 0.6 is 15.9 Å². The summed E-state index contributed by atoms with van der Waals surface area (Å²) in [6, 6.07) is 9.98. The highest BCUT2D eigenvalue weighted by Gasteiger charge is 2.36. The number of alkyl halides is 3. The van der Waals surface area contributed by atoms with Crippen molar-refractivity contribution in [1.29, 1.82) is 0 Å². The van der Waals surface area contributed by atoms with Crippen LogP contribution in [0.15, 0.2) is 46.9 Å². The van der Waals surface area contributed by atoms with E-state index in [1.54, 1.807) is 6.92 Å². The van der Waals surface area contributed by atoms with Crippen LogP contribution in [-0.4, -0.2) is 53.8 Å². The molecule has 31 heavy (non-hydrogen) atoms. The Morgan fingerprint density at radius 3 is 2.32 bits per heavy atom. The van der Waals surface area contributed by atoms with Crippen molar-refractivity contribution in [3.8, 4) is 0 Å². The number of anilines is 1. The Morgan fingerprint density at radius 1 is 1.06 bits per heavy atom. The van der Waals surface area contributed by atoms with E-state index in [1.807, 2.05) is 30.0 Å². The summed E-state index contributed by atoms with van der Waals surface area (Å²) in [6.07, 6.45) is -4.59. The average molecular weight is 498 g/mol. The van der Waals surface area contributed by atoms with Crippen molar-refractivity contribution in [3.63, 3.8) is 0 Å². The Bertz CT molecular complexity index is 973. The average Bonchev–Trinajstić information content (AvgIpc) is 2.74. The molecule has 9 heteroatoms. The van der Waals surface area contributed by atoms with Gasteiger partial charge in [-0.25, -0.2) is 0 Å². The minimum absolute atomic E-state index is 0.188. The fourth-order valence-electron chi connectivity index (χ4n) is 3.52. The molecule has 1 atom stereocenters. The number of amides is 2. The third-order valence-electron chi connectivity index (χ3n) is 5.37. The van der Waals surface area contributed by atoms with E-state index < -0.39 is 23.7 Å². The molecule has 0 radical (unpaired) electrons. The van der Waals surface area contributed by atoms with E-state index in [2.05, 4.69) is 21.2 Å². The number of nitrogens with zero attached hydrogens (tertiary/aromatic N) is 2. The zero-order chi connectivity index (χ0) is 22.8. The van der Waals surface area contributed by atoms with E-state index in [1.165, 1.54) is 23.1 Å². The topological polar surface area (TPSA) is 52.7 Å². The van der Waals surface area contributed by atoms with Crippen LogP contribution in [0.4, 0.5) is 18.9 Å². The van der Waals surface area contributed by atoms with Gasteiger partial charge in [-0.2, -0.15) is 13.2 Å². The number of piperazine rings is 1. The summed E-state index contributed by atoms with van der Waals surface area (Å²) in [5.41, 5.74) is 0.447. The molecule has 0 spiro atoms. The molecule has 0 saturated carbocycles. The summed E-state index contributed by atoms with van der Waals surface area (Å²) in [6.45, 7) is 5.00. The van der Waals surface area contributed by atoms with Crippen LogP contribution in [0.25, 0.3) is 0 Å². The van der Waals surface area contributed by atoms with E-state index >= 15 is 0 Å². The number of nitrogens with one attached hydrogen (secondary N) is 1. The molecule has 2 aromatic carbocycles. The quantitative estimate of drug-likeness (QED) is 0.673. The van der Waals surface area contributed by atoms with Crippen LogP contribution in [0.5, 0.6) is 0 Å². The van der Waals surface area contributed by atoms with Crippen molar-refractivity contribution >= 4 is 33.4 Å². The van der Waals surface area contributed by atoms with Crippen LogP contribution in [0.1, 0.15) is 28.4 Å². The lowest BCUT2D eigenvalue weighted by Crippen LogP contribution is -2.54. The number of hydrogen-bond acceptors (Lipinski definition) is 3. The first kappa shape index (κ1) is 23.3. The number of benzene rings is 2. The molecule has 1 saturated heterocycles. The van der Waals surface area contributed by atoms with E-state index in [9.17, 15) is 22.8 Å². The van der Waals surface area contributed by atoms with Gasteiger partial charge in [0.25, 0.3) is 5.91 Å². The van der Waals surface area contributed by atoms with Gasteiger partial charge in [0, 0.05) is 30.7 Å². The Hall–Kier alpha value is -2.39. The normalized spacial score (nSPS) is 16.1. The van der Waals surface area contributed by atoms with E-state index in [-0.39, 0.29) is 24.6 Å². The number of halogens is 4. The molecule has 1 aliphatic rings. The summed E-state index contributed by atoms with van der Waals surface area (Å²) in [7, 11) is 0. The first-order chi connectivity index (χ1) is 14.6. The van der Waals surface area contributed by atoms with Gasteiger partial charge < -0.3 is 10.2 Å². The number of hydrogen-bond donors (Lipinski definition) is 1. The molecule has 1 unspecified atom stereocenters. The lowest BCUT2D eigenvalue weighted by molar-refractivity contribution is -0.138. The predicted octanol–water partition coefficient (Wildman–Crippen LogP) is 4.56. The standard InChI is InChI=1S/C22H23BrF3N3O2/c1-14-7-8-19(18(23)13-14)27-20(30)15(2)28-9-11-29(12-10-28)21(31)16-5-3-4-6-17(16)22(24,25)26/h3-8,13,15H,9-12H2,1-2H3,(H,27,30). The van der Waals surface area contributed by atoms with Gasteiger partial charge in [-0.15, -0.1) is 0 Å². The number of aryl methyl sites for hydroxylation is 1. The highest BCUT2D eigenvalue weighted by molar-refractivity contribution is 9.10. The van der Waals surface area contributed by atoms with Crippen LogP contribution in [0.2, 0.25) is 0 Å². The second-order valence-corrected chi connectivity index (χ2v) is 8.37. The molecule has 1 heterocycles. The number of rotatable bonds is 4. The van der Waals surface area contributed by atoms with Crippen molar-refractivity contribution in [2.45, 2.75) is 26.1 Å².